The van der Waals surface area contributed by atoms with Crippen molar-refractivity contribution in [3.63, 3.8) is 0 Å². The highest BCUT2D eigenvalue weighted by molar-refractivity contribution is 5.99. The molecule has 2 unspecified atom stereocenters. The van der Waals surface area contributed by atoms with Crippen LogP contribution in [0.25, 0.3) is 0 Å². The third-order valence-corrected chi connectivity index (χ3v) is 5.75. The van der Waals surface area contributed by atoms with Crippen LogP contribution in [-0.4, -0.2) is 42.9 Å². The van der Waals surface area contributed by atoms with E-state index in [4.69, 9.17) is 0 Å². The summed E-state index contributed by atoms with van der Waals surface area (Å²) in [4.78, 5) is 29.8. The number of hydrogen-bond acceptors (Lipinski definition) is 3. The standard InChI is InChI=1S/C25H33N3O2/c1-5-27(22-9-7-6-8-10-22)17-24(29)26-23-14-21(12-11-20(23)4)25(30)28-15-18(2)13-19(3)16-28/h6-12,14,18-19H,5,13,15-17H2,1-4H3,(H,26,29). The van der Waals surface area contributed by atoms with Crippen molar-refractivity contribution in [2.75, 3.05) is 36.4 Å². The number of carbonyl (C=O) groups excluding carboxylic acids is 2. The van der Waals surface area contributed by atoms with Gasteiger partial charge in [-0.1, -0.05) is 38.1 Å². The minimum absolute atomic E-state index is 0.0448. The maximum atomic E-state index is 13.1. The summed E-state index contributed by atoms with van der Waals surface area (Å²) < 4.78 is 0. The maximum absolute atomic E-state index is 13.1. The molecule has 2 amide bonds. The van der Waals surface area contributed by atoms with Crippen molar-refractivity contribution >= 4 is 23.2 Å². The van der Waals surface area contributed by atoms with Gasteiger partial charge in [0.15, 0.2) is 0 Å². The molecule has 1 heterocycles. The van der Waals surface area contributed by atoms with E-state index >= 15 is 0 Å². The highest BCUT2D eigenvalue weighted by Gasteiger charge is 2.26. The fourth-order valence-corrected chi connectivity index (χ4v) is 4.29. The first-order chi connectivity index (χ1) is 14.4. The van der Waals surface area contributed by atoms with Crippen LogP contribution in [0.3, 0.4) is 0 Å². The molecular weight excluding hydrogens is 374 g/mol. The smallest absolute Gasteiger partial charge is 0.253 e. The second kappa shape index (κ2) is 9.79. The van der Waals surface area contributed by atoms with Crippen molar-refractivity contribution in [3.8, 4) is 0 Å². The predicted octanol–water partition coefficient (Wildman–Crippen LogP) is 4.58. The second-order valence-corrected chi connectivity index (χ2v) is 8.58. The van der Waals surface area contributed by atoms with Gasteiger partial charge >= 0.3 is 0 Å². The van der Waals surface area contributed by atoms with Gasteiger partial charge in [-0.05, 0) is 61.9 Å². The first-order valence-corrected chi connectivity index (χ1v) is 10.9. The number of nitrogens with zero attached hydrogens (tertiary/aromatic N) is 2. The molecule has 0 bridgehead atoms. The van der Waals surface area contributed by atoms with Gasteiger partial charge in [0.25, 0.3) is 5.91 Å². The predicted molar refractivity (Wildman–Crippen MR) is 123 cm³/mol. The van der Waals surface area contributed by atoms with Crippen LogP contribution in [0.5, 0.6) is 0 Å². The number of likely N-dealkylation sites (N-methyl/N-ethyl adjacent to an activating group) is 1. The summed E-state index contributed by atoms with van der Waals surface area (Å²) in [7, 11) is 0. The van der Waals surface area contributed by atoms with Crippen molar-refractivity contribution in [1.29, 1.82) is 0 Å². The Morgan fingerprint density at radius 2 is 1.73 bits per heavy atom. The summed E-state index contributed by atoms with van der Waals surface area (Å²) in [6.07, 6.45) is 1.16. The monoisotopic (exact) mass is 407 g/mol. The number of amides is 2. The average molecular weight is 408 g/mol. The van der Waals surface area contributed by atoms with E-state index in [1.165, 1.54) is 0 Å². The fraction of sp³-hybridized carbons (Fsp3) is 0.440. The van der Waals surface area contributed by atoms with E-state index in [9.17, 15) is 9.59 Å². The highest BCUT2D eigenvalue weighted by atomic mass is 16.2. The number of anilines is 2. The zero-order chi connectivity index (χ0) is 21.7. The molecule has 2 aromatic carbocycles. The quantitative estimate of drug-likeness (QED) is 0.763. The van der Waals surface area contributed by atoms with E-state index < -0.39 is 0 Å². The van der Waals surface area contributed by atoms with E-state index in [0.29, 0.717) is 23.1 Å². The zero-order valence-corrected chi connectivity index (χ0v) is 18.5. The number of piperidine rings is 1. The number of likely N-dealkylation sites (tertiary alicyclic amines) is 1. The molecule has 1 aliphatic heterocycles. The molecule has 2 aromatic rings. The molecule has 1 saturated heterocycles. The number of carbonyl (C=O) groups is 2. The van der Waals surface area contributed by atoms with Gasteiger partial charge in [0, 0.05) is 36.6 Å². The minimum atomic E-state index is -0.0892. The highest BCUT2D eigenvalue weighted by Crippen LogP contribution is 2.24. The topological polar surface area (TPSA) is 52.7 Å². The SMILES string of the molecule is CCN(CC(=O)Nc1cc(C(=O)N2CC(C)CC(C)C2)ccc1C)c1ccccc1. The molecule has 30 heavy (non-hydrogen) atoms. The van der Waals surface area contributed by atoms with Crippen molar-refractivity contribution in [1.82, 2.24) is 4.90 Å². The molecule has 0 saturated carbocycles. The van der Waals surface area contributed by atoms with Crippen LogP contribution in [0, 0.1) is 18.8 Å². The van der Waals surface area contributed by atoms with Crippen LogP contribution in [0.15, 0.2) is 48.5 Å². The molecule has 0 aliphatic carbocycles. The van der Waals surface area contributed by atoms with Crippen LogP contribution in [0.1, 0.15) is 43.1 Å². The van der Waals surface area contributed by atoms with Crippen LogP contribution >= 0.6 is 0 Å². The number of para-hydroxylation sites is 1. The van der Waals surface area contributed by atoms with E-state index in [-0.39, 0.29) is 18.4 Å². The fourth-order valence-electron chi connectivity index (χ4n) is 4.29. The Morgan fingerprint density at radius 1 is 1.07 bits per heavy atom. The Bertz CT molecular complexity index is 871. The third-order valence-electron chi connectivity index (χ3n) is 5.75. The molecule has 2 atom stereocenters. The maximum Gasteiger partial charge on any atom is 0.253 e. The molecule has 1 N–H and O–H groups in total. The molecule has 0 aromatic heterocycles. The van der Waals surface area contributed by atoms with Gasteiger partial charge in [0.2, 0.25) is 5.91 Å². The summed E-state index contributed by atoms with van der Waals surface area (Å²) in [6, 6.07) is 15.5. The minimum Gasteiger partial charge on any atom is -0.362 e. The molecular formula is C25H33N3O2. The van der Waals surface area contributed by atoms with Gasteiger partial charge in [-0.25, -0.2) is 0 Å². The van der Waals surface area contributed by atoms with Gasteiger partial charge < -0.3 is 15.1 Å². The number of rotatable bonds is 6. The average Bonchev–Trinajstić information content (AvgIpc) is 2.73. The summed E-state index contributed by atoms with van der Waals surface area (Å²) in [5.41, 5.74) is 3.30. The molecule has 5 heteroatoms. The lowest BCUT2D eigenvalue weighted by Gasteiger charge is -2.35. The van der Waals surface area contributed by atoms with Crippen molar-refractivity contribution in [3.05, 3.63) is 59.7 Å². The Hall–Kier alpha value is -2.82. The first-order valence-electron chi connectivity index (χ1n) is 10.9. The summed E-state index contributed by atoms with van der Waals surface area (Å²) in [6.45, 7) is 11.0. The van der Waals surface area contributed by atoms with Gasteiger partial charge in [-0.3, -0.25) is 9.59 Å². The molecule has 0 spiro atoms. The third kappa shape index (κ3) is 5.41. The van der Waals surface area contributed by atoms with Crippen LogP contribution in [0.4, 0.5) is 11.4 Å². The number of benzene rings is 2. The second-order valence-electron chi connectivity index (χ2n) is 8.58. The molecule has 3 rings (SSSR count). The summed E-state index contributed by atoms with van der Waals surface area (Å²) >= 11 is 0. The van der Waals surface area contributed by atoms with Crippen molar-refractivity contribution in [2.45, 2.75) is 34.1 Å². The van der Waals surface area contributed by atoms with Gasteiger partial charge in [0.1, 0.15) is 0 Å². The molecule has 5 nitrogen and oxygen atoms in total. The lowest BCUT2D eigenvalue weighted by molar-refractivity contribution is -0.115. The Balaban J connectivity index is 1.70. The van der Waals surface area contributed by atoms with Crippen LogP contribution in [-0.2, 0) is 4.79 Å². The Morgan fingerprint density at radius 3 is 2.37 bits per heavy atom. The first kappa shape index (κ1) is 21.9. The van der Waals surface area contributed by atoms with Crippen LogP contribution in [0.2, 0.25) is 0 Å². The van der Waals surface area contributed by atoms with Crippen LogP contribution < -0.4 is 10.2 Å². The molecule has 0 radical (unpaired) electrons. The van der Waals surface area contributed by atoms with E-state index in [1.807, 2.05) is 72.2 Å². The van der Waals surface area contributed by atoms with Gasteiger partial charge in [0.05, 0.1) is 6.54 Å². The summed E-state index contributed by atoms with van der Waals surface area (Å²) in [5, 5.41) is 3.01. The van der Waals surface area contributed by atoms with Gasteiger partial charge in [-0.15, -0.1) is 0 Å². The van der Waals surface area contributed by atoms with E-state index in [1.54, 1.807) is 0 Å². The van der Waals surface area contributed by atoms with E-state index in [2.05, 4.69) is 19.2 Å². The van der Waals surface area contributed by atoms with Crippen molar-refractivity contribution in [2.24, 2.45) is 11.8 Å². The normalized spacial score (nSPS) is 18.7. The molecule has 160 valence electrons. The number of aryl methyl sites for hydroxylation is 1. The number of hydrogen-bond donors (Lipinski definition) is 1. The van der Waals surface area contributed by atoms with Crippen molar-refractivity contribution < 1.29 is 9.59 Å². The van der Waals surface area contributed by atoms with E-state index in [0.717, 1.165) is 37.3 Å². The molecule has 1 fully saturated rings. The number of nitrogens with one attached hydrogen (secondary N) is 1. The van der Waals surface area contributed by atoms with Gasteiger partial charge in [-0.2, -0.15) is 0 Å². The zero-order valence-electron chi connectivity index (χ0n) is 18.5. The Kier molecular flexibility index (Phi) is 7.14. The Labute approximate surface area is 180 Å². The largest absolute Gasteiger partial charge is 0.362 e. The lowest BCUT2D eigenvalue weighted by atomic mass is 9.91. The molecule has 1 aliphatic rings. The lowest BCUT2D eigenvalue weighted by Crippen LogP contribution is -2.42. The summed E-state index contributed by atoms with van der Waals surface area (Å²) in [5.74, 6) is 0.984.